The molecule has 0 aliphatic carbocycles. The van der Waals surface area contributed by atoms with Crippen molar-refractivity contribution < 1.29 is 4.39 Å². The Bertz CT molecular complexity index is 874. The van der Waals surface area contributed by atoms with E-state index in [9.17, 15) is 4.39 Å². The zero-order chi connectivity index (χ0) is 18.1. The molecule has 0 aliphatic rings. The van der Waals surface area contributed by atoms with E-state index in [1.165, 1.54) is 0 Å². The third-order valence-electron chi connectivity index (χ3n) is 4.87. The van der Waals surface area contributed by atoms with Crippen molar-refractivity contribution in [3.63, 3.8) is 0 Å². The molecule has 0 N–H and O–H groups in total. The van der Waals surface area contributed by atoms with E-state index in [0.717, 1.165) is 45.5 Å². The van der Waals surface area contributed by atoms with Gasteiger partial charge in [0.25, 0.3) is 0 Å². The zero-order valence-electron chi connectivity index (χ0n) is 15.7. The number of fused-ring (bicyclic) bond motifs is 1. The number of aromatic nitrogens is 3. The van der Waals surface area contributed by atoms with Gasteiger partial charge in [-0.15, -0.1) is 0 Å². The molecule has 1 atom stereocenters. The number of rotatable bonds is 5. The maximum Gasteiger partial charge on any atom is 0.110 e. The van der Waals surface area contributed by atoms with Crippen molar-refractivity contribution in [1.82, 2.24) is 14.5 Å². The molecule has 0 amide bonds. The molecule has 0 unspecified atom stereocenters. The second-order valence-electron chi connectivity index (χ2n) is 7.08. The van der Waals surface area contributed by atoms with Crippen LogP contribution in [0, 0.1) is 13.8 Å². The van der Waals surface area contributed by atoms with Crippen molar-refractivity contribution in [2.24, 2.45) is 0 Å². The first-order valence-corrected chi connectivity index (χ1v) is 8.97. The van der Waals surface area contributed by atoms with E-state index in [1.807, 2.05) is 30.8 Å². The van der Waals surface area contributed by atoms with Gasteiger partial charge in [0.2, 0.25) is 0 Å². The summed E-state index contributed by atoms with van der Waals surface area (Å²) in [5, 5.41) is 0. The van der Waals surface area contributed by atoms with Crippen LogP contribution in [0.1, 0.15) is 56.0 Å². The predicted octanol–water partition coefficient (Wildman–Crippen LogP) is 5.76. The fourth-order valence-electron chi connectivity index (χ4n) is 3.29. The number of hydrogen-bond donors (Lipinski definition) is 0. The van der Waals surface area contributed by atoms with Crippen LogP contribution in [-0.4, -0.2) is 21.2 Å². The number of pyridine rings is 2. The van der Waals surface area contributed by atoms with E-state index in [1.54, 1.807) is 0 Å². The number of halogens is 1. The van der Waals surface area contributed by atoms with Crippen molar-refractivity contribution in [2.75, 3.05) is 6.67 Å². The van der Waals surface area contributed by atoms with Crippen LogP contribution in [0.25, 0.3) is 22.3 Å². The SMILES string of the molecule is CC[C@@H](CF)n1cc(C)c2nc(-c3ccc(C(C)C)nc3)c(C)cc21. The largest absolute Gasteiger partial charge is 0.340 e. The Labute approximate surface area is 148 Å². The highest BCUT2D eigenvalue weighted by molar-refractivity contribution is 5.84. The van der Waals surface area contributed by atoms with Crippen LogP contribution in [0.3, 0.4) is 0 Å². The van der Waals surface area contributed by atoms with Crippen molar-refractivity contribution in [3.05, 3.63) is 47.4 Å². The van der Waals surface area contributed by atoms with Crippen molar-refractivity contribution >= 4 is 11.0 Å². The standard InChI is InChI=1S/C21H26FN3/c1-6-17(10-22)25-12-15(5)21-19(25)9-14(4)20(24-21)16-7-8-18(13(2)3)23-11-16/h7-9,11-13,17H,6,10H2,1-5H3/t17-/m0/s1. The van der Waals surface area contributed by atoms with Gasteiger partial charge in [-0.2, -0.15) is 0 Å². The Morgan fingerprint density at radius 2 is 1.92 bits per heavy atom. The van der Waals surface area contributed by atoms with E-state index >= 15 is 0 Å². The fourth-order valence-corrected chi connectivity index (χ4v) is 3.29. The fraction of sp³-hybridized carbons (Fsp3) is 0.429. The summed E-state index contributed by atoms with van der Waals surface area (Å²) in [5.74, 6) is 0.411. The first kappa shape index (κ1) is 17.6. The first-order chi connectivity index (χ1) is 12.0. The zero-order valence-corrected chi connectivity index (χ0v) is 15.7. The Kier molecular flexibility index (Phi) is 4.89. The number of hydrogen-bond acceptors (Lipinski definition) is 2. The summed E-state index contributed by atoms with van der Waals surface area (Å²) in [6, 6.07) is 6.15. The summed E-state index contributed by atoms with van der Waals surface area (Å²) in [4.78, 5) is 9.47. The minimum absolute atomic E-state index is 0.129. The monoisotopic (exact) mass is 339 g/mol. The van der Waals surface area contributed by atoms with Crippen LogP contribution in [0.4, 0.5) is 4.39 Å². The molecule has 132 valence electrons. The van der Waals surface area contributed by atoms with E-state index in [4.69, 9.17) is 4.98 Å². The molecule has 0 fully saturated rings. The molecule has 0 bridgehead atoms. The lowest BCUT2D eigenvalue weighted by Gasteiger charge is -2.15. The summed E-state index contributed by atoms with van der Waals surface area (Å²) in [7, 11) is 0. The first-order valence-electron chi connectivity index (χ1n) is 8.97. The maximum absolute atomic E-state index is 13.4. The summed E-state index contributed by atoms with van der Waals surface area (Å²) in [6.07, 6.45) is 4.69. The van der Waals surface area contributed by atoms with E-state index in [2.05, 4.69) is 44.0 Å². The van der Waals surface area contributed by atoms with Crippen LogP contribution >= 0.6 is 0 Å². The third kappa shape index (κ3) is 3.17. The smallest absolute Gasteiger partial charge is 0.110 e. The summed E-state index contributed by atoms with van der Waals surface area (Å²) < 4.78 is 15.4. The second-order valence-corrected chi connectivity index (χ2v) is 7.08. The molecule has 3 heterocycles. The quantitative estimate of drug-likeness (QED) is 0.592. The van der Waals surface area contributed by atoms with Gasteiger partial charge in [-0.25, -0.2) is 9.37 Å². The molecular weight excluding hydrogens is 313 g/mol. The van der Waals surface area contributed by atoms with Crippen LogP contribution in [0.15, 0.2) is 30.6 Å². The van der Waals surface area contributed by atoms with Crippen molar-refractivity contribution in [3.8, 4) is 11.3 Å². The Morgan fingerprint density at radius 3 is 2.48 bits per heavy atom. The molecule has 0 saturated heterocycles. The van der Waals surface area contributed by atoms with Crippen molar-refractivity contribution in [1.29, 1.82) is 0 Å². The predicted molar refractivity (Wildman–Crippen MR) is 102 cm³/mol. The Morgan fingerprint density at radius 1 is 1.16 bits per heavy atom. The molecule has 3 nitrogen and oxygen atoms in total. The Hall–Kier alpha value is -2.23. The molecule has 3 rings (SSSR count). The van der Waals surface area contributed by atoms with Gasteiger partial charge in [0.1, 0.15) is 6.67 Å². The minimum Gasteiger partial charge on any atom is -0.340 e. The summed E-state index contributed by atoms with van der Waals surface area (Å²) in [5.41, 5.74) is 7.17. The highest BCUT2D eigenvalue weighted by Gasteiger charge is 2.17. The van der Waals surface area contributed by atoms with Gasteiger partial charge >= 0.3 is 0 Å². The van der Waals surface area contributed by atoms with Gasteiger partial charge in [-0.3, -0.25) is 4.98 Å². The molecule has 0 spiro atoms. The highest BCUT2D eigenvalue weighted by Crippen LogP contribution is 2.30. The van der Waals surface area contributed by atoms with Gasteiger partial charge in [-0.1, -0.05) is 20.8 Å². The third-order valence-corrected chi connectivity index (χ3v) is 4.87. The average Bonchev–Trinajstić information content (AvgIpc) is 2.91. The maximum atomic E-state index is 13.4. The second kappa shape index (κ2) is 6.95. The van der Waals surface area contributed by atoms with Gasteiger partial charge in [-0.05, 0) is 55.5 Å². The average molecular weight is 339 g/mol. The van der Waals surface area contributed by atoms with Crippen LogP contribution in [0.2, 0.25) is 0 Å². The molecule has 3 aromatic rings. The van der Waals surface area contributed by atoms with Gasteiger partial charge in [0.15, 0.2) is 0 Å². The summed E-state index contributed by atoms with van der Waals surface area (Å²) >= 11 is 0. The van der Waals surface area contributed by atoms with Gasteiger partial charge < -0.3 is 4.57 Å². The van der Waals surface area contributed by atoms with Crippen LogP contribution in [-0.2, 0) is 0 Å². The molecule has 0 aliphatic heterocycles. The summed E-state index contributed by atoms with van der Waals surface area (Å²) in [6.45, 7) is 10.0. The lowest BCUT2D eigenvalue weighted by atomic mass is 10.0. The number of alkyl halides is 1. The molecule has 25 heavy (non-hydrogen) atoms. The normalized spacial score (nSPS) is 12.9. The molecule has 0 aromatic carbocycles. The molecular formula is C21H26FN3. The molecule has 0 saturated carbocycles. The number of aryl methyl sites for hydroxylation is 2. The lowest BCUT2D eigenvalue weighted by Crippen LogP contribution is -2.08. The Balaban J connectivity index is 2.12. The van der Waals surface area contributed by atoms with Gasteiger partial charge in [0.05, 0.1) is 22.8 Å². The molecule has 0 radical (unpaired) electrons. The minimum atomic E-state index is -0.360. The van der Waals surface area contributed by atoms with Crippen LogP contribution in [0.5, 0.6) is 0 Å². The highest BCUT2D eigenvalue weighted by atomic mass is 19.1. The van der Waals surface area contributed by atoms with Crippen LogP contribution < -0.4 is 0 Å². The number of nitrogens with zero attached hydrogens (tertiary/aromatic N) is 3. The van der Waals surface area contributed by atoms with E-state index < -0.39 is 0 Å². The van der Waals surface area contributed by atoms with Gasteiger partial charge in [0, 0.05) is 23.7 Å². The molecule has 3 aromatic heterocycles. The van der Waals surface area contributed by atoms with E-state index in [0.29, 0.717) is 5.92 Å². The topological polar surface area (TPSA) is 30.7 Å². The van der Waals surface area contributed by atoms with E-state index in [-0.39, 0.29) is 12.7 Å². The van der Waals surface area contributed by atoms with Crippen molar-refractivity contribution in [2.45, 2.75) is 53.0 Å². The molecule has 4 heteroatoms. The lowest BCUT2D eigenvalue weighted by molar-refractivity contribution is 0.355.